The van der Waals surface area contributed by atoms with Crippen molar-refractivity contribution in [2.75, 3.05) is 5.73 Å². The predicted octanol–water partition coefficient (Wildman–Crippen LogP) is 3.02. The third-order valence-electron chi connectivity index (χ3n) is 3.75. The van der Waals surface area contributed by atoms with Gasteiger partial charge in [-0.25, -0.2) is 0 Å². The first-order chi connectivity index (χ1) is 9.08. The summed E-state index contributed by atoms with van der Waals surface area (Å²) in [6.45, 7) is 0. The molecule has 1 aromatic carbocycles. The molecule has 0 spiro atoms. The number of aromatic nitrogens is 2. The Morgan fingerprint density at radius 1 is 1.32 bits per heavy atom. The summed E-state index contributed by atoms with van der Waals surface area (Å²) in [5.74, 6) is 0.859. The van der Waals surface area contributed by atoms with Crippen molar-refractivity contribution < 1.29 is 5.11 Å². The number of phenolic OH excluding ortho intramolecular Hbond substituents is 1. The number of nitrogens with zero attached hydrogens (tertiary/aromatic N) is 2. The van der Waals surface area contributed by atoms with Gasteiger partial charge in [-0.15, -0.1) is 0 Å². The van der Waals surface area contributed by atoms with Gasteiger partial charge in [0.2, 0.25) is 0 Å². The highest BCUT2D eigenvalue weighted by Gasteiger charge is 2.22. The standard InChI is InChI=1S/C14H16BrN3O/c1-18-12(16)7-11(17-18)13-9-5-3-2-4-8(9)6-10(15)14(13)19/h6-7,19H,2-5,16H2,1H3. The fourth-order valence-electron chi connectivity index (χ4n) is 2.74. The van der Waals surface area contributed by atoms with Gasteiger partial charge < -0.3 is 10.8 Å². The SMILES string of the molecule is Cn1nc(-c2c(O)c(Br)cc3c2CCCC3)cc1N. The number of phenols is 1. The van der Waals surface area contributed by atoms with E-state index in [0.717, 1.165) is 35.0 Å². The minimum atomic E-state index is 0.263. The molecule has 0 amide bonds. The fourth-order valence-corrected chi connectivity index (χ4v) is 3.21. The van der Waals surface area contributed by atoms with Crippen molar-refractivity contribution in [2.24, 2.45) is 7.05 Å². The lowest BCUT2D eigenvalue weighted by atomic mass is 9.87. The highest BCUT2D eigenvalue weighted by molar-refractivity contribution is 9.10. The van der Waals surface area contributed by atoms with E-state index in [9.17, 15) is 5.11 Å². The number of aromatic hydroxyl groups is 1. The lowest BCUT2D eigenvalue weighted by Crippen LogP contribution is -2.05. The number of hydrogen-bond acceptors (Lipinski definition) is 3. The second kappa shape index (κ2) is 4.56. The lowest BCUT2D eigenvalue weighted by molar-refractivity contribution is 0.471. The molecule has 3 N–H and O–H groups in total. The average Bonchev–Trinajstić information content (AvgIpc) is 2.71. The number of rotatable bonds is 1. The maximum absolute atomic E-state index is 10.4. The first-order valence-corrected chi connectivity index (χ1v) is 7.20. The van der Waals surface area contributed by atoms with E-state index in [0.29, 0.717) is 5.82 Å². The molecule has 1 aliphatic rings. The Labute approximate surface area is 120 Å². The van der Waals surface area contributed by atoms with E-state index in [-0.39, 0.29) is 5.75 Å². The van der Waals surface area contributed by atoms with Crippen molar-refractivity contribution >= 4 is 21.7 Å². The third kappa shape index (κ3) is 2.02. The molecule has 4 nitrogen and oxygen atoms in total. The fraction of sp³-hybridized carbons (Fsp3) is 0.357. The van der Waals surface area contributed by atoms with Crippen LogP contribution >= 0.6 is 15.9 Å². The van der Waals surface area contributed by atoms with E-state index in [2.05, 4.69) is 21.0 Å². The van der Waals surface area contributed by atoms with Crippen LogP contribution in [-0.4, -0.2) is 14.9 Å². The second-order valence-corrected chi connectivity index (χ2v) is 5.86. The maximum Gasteiger partial charge on any atom is 0.139 e. The Balaban J connectivity index is 2.26. The summed E-state index contributed by atoms with van der Waals surface area (Å²) >= 11 is 3.43. The Morgan fingerprint density at radius 2 is 2.05 bits per heavy atom. The number of benzene rings is 1. The van der Waals surface area contributed by atoms with E-state index in [1.54, 1.807) is 11.7 Å². The minimum Gasteiger partial charge on any atom is -0.506 e. The second-order valence-electron chi connectivity index (χ2n) is 5.00. The molecular weight excluding hydrogens is 306 g/mol. The summed E-state index contributed by atoms with van der Waals surface area (Å²) in [7, 11) is 1.81. The molecule has 0 saturated carbocycles. The molecule has 0 radical (unpaired) electrons. The van der Waals surface area contributed by atoms with Gasteiger partial charge in [0.25, 0.3) is 0 Å². The van der Waals surface area contributed by atoms with E-state index in [1.807, 2.05) is 12.1 Å². The van der Waals surface area contributed by atoms with Crippen LogP contribution in [-0.2, 0) is 19.9 Å². The zero-order chi connectivity index (χ0) is 13.6. The summed E-state index contributed by atoms with van der Waals surface area (Å²) < 4.78 is 2.36. The molecule has 3 rings (SSSR count). The van der Waals surface area contributed by atoms with Crippen LogP contribution in [0.15, 0.2) is 16.6 Å². The molecule has 0 atom stereocenters. The topological polar surface area (TPSA) is 64.1 Å². The Bertz CT molecular complexity index is 629. The first-order valence-electron chi connectivity index (χ1n) is 6.41. The number of hydrogen-bond donors (Lipinski definition) is 2. The normalized spacial score (nSPS) is 14.4. The zero-order valence-electron chi connectivity index (χ0n) is 10.8. The van der Waals surface area contributed by atoms with Gasteiger partial charge in [-0.05, 0) is 58.8 Å². The van der Waals surface area contributed by atoms with Gasteiger partial charge in [-0.2, -0.15) is 5.10 Å². The quantitative estimate of drug-likeness (QED) is 0.848. The van der Waals surface area contributed by atoms with Crippen LogP contribution < -0.4 is 5.73 Å². The summed E-state index contributed by atoms with van der Waals surface area (Å²) in [5, 5.41) is 14.8. The van der Waals surface area contributed by atoms with Crippen LogP contribution in [0.25, 0.3) is 11.3 Å². The largest absolute Gasteiger partial charge is 0.506 e. The van der Waals surface area contributed by atoms with Crippen LogP contribution in [0.1, 0.15) is 24.0 Å². The summed E-state index contributed by atoms with van der Waals surface area (Å²) in [4.78, 5) is 0. The maximum atomic E-state index is 10.4. The number of fused-ring (bicyclic) bond motifs is 1. The number of nitrogens with two attached hydrogens (primary N) is 1. The molecule has 0 fully saturated rings. The molecular formula is C14H16BrN3O. The molecule has 1 aliphatic carbocycles. The van der Waals surface area contributed by atoms with Crippen LogP contribution in [0.2, 0.25) is 0 Å². The summed E-state index contributed by atoms with van der Waals surface area (Å²) in [6, 6.07) is 3.84. The molecule has 0 unspecified atom stereocenters. The Morgan fingerprint density at radius 3 is 2.74 bits per heavy atom. The summed E-state index contributed by atoms with van der Waals surface area (Å²) in [5.41, 5.74) is 9.94. The third-order valence-corrected chi connectivity index (χ3v) is 4.35. The number of halogens is 1. The van der Waals surface area contributed by atoms with E-state index < -0.39 is 0 Å². The molecule has 1 aromatic heterocycles. The average molecular weight is 322 g/mol. The van der Waals surface area contributed by atoms with E-state index in [4.69, 9.17) is 5.73 Å². The number of nitrogen functional groups attached to an aromatic ring is 1. The highest BCUT2D eigenvalue weighted by atomic mass is 79.9. The molecule has 100 valence electrons. The molecule has 0 aliphatic heterocycles. The van der Waals surface area contributed by atoms with Crippen molar-refractivity contribution in [1.29, 1.82) is 0 Å². The van der Waals surface area contributed by atoms with Crippen molar-refractivity contribution in [1.82, 2.24) is 9.78 Å². The van der Waals surface area contributed by atoms with Crippen molar-refractivity contribution in [3.05, 3.63) is 27.7 Å². The lowest BCUT2D eigenvalue weighted by Gasteiger charge is -2.20. The number of anilines is 1. The van der Waals surface area contributed by atoms with Crippen LogP contribution in [0.5, 0.6) is 5.75 Å². The minimum absolute atomic E-state index is 0.263. The van der Waals surface area contributed by atoms with Crippen molar-refractivity contribution in [3.8, 4) is 17.0 Å². The Hall–Kier alpha value is -1.49. The van der Waals surface area contributed by atoms with Gasteiger partial charge in [0.15, 0.2) is 0 Å². The molecule has 0 saturated heterocycles. The van der Waals surface area contributed by atoms with Crippen LogP contribution in [0.3, 0.4) is 0 Å². The molecule has 1 heterocycles. The van der Waals surface area contributed by atoms with Crippen molar-refractivity contribution in [3.63, 3.8) is 0 Å². The van der Waals surface area contributed by atoms with Gasteiger partial charge in [-0.1, -0.05) is 0 Å². The van der Waals surface area contributed by atoms with Crippen LogP contribution in [0.4, 0.5) is 5.82 Å². The van der Waals surface area contributed by atoms with Gasteiger partial charge in [0, 0.05) is 18.7 Å². The zero-order valence-corrected chi connectivity index (χ0v) is 12.4. The van der Waals surface area contributed by atoms with Crippen LogP contribution in [0, 0.1) is 0 Å². The number of aryl methyl sites for hydroxylation is 2. The van der Waals surface area contributed by atoms with E-state index >= 15 is 0 Å². The van der Waals surface area contributed by atoms with Gasteiger partial charge >= 0.3 is 0 Å². The summed E-state index contributed by atoms with van der Waals surface area (Å²) in [6.07, 6.45) is 4.41. The molecule has 19 heavy (non-hydrogen) atoms. The molecule has 5 heteroatoms. The van der Waals surface area contributed by atoms with E-state index in [1.165, 1.54) is 17.5 Å². The monoisotopic (exact) mass is 321 g/mol. The first kappa shape index (κ1) is 12.5. The van der Waals surface area contributed by atoms with Gasteiger partial charge in [0.1, 0.15) is 11.6 Å². The smallest absolute Gasteiger partial charge is 0.139 e. The van der Waals surface area contributed by atoms with Gasteiger partial charge in [0.05, 0.1) is 10.2 Å². The molecule has 2 aromatic rings. The predicted molar refractivity (Wildman–Crippen MR) is 79.1 cm³/mol. The highest BCUT2D eigenvalue weighted by Crippen LogP contribution is 2.42. The van der Waals surface area contributed by atoms with Gasteiger partial charge in [-0.3, -0.25) is 4.68 Å². The Kier molecular flexibility index (Phi) is 3.01. The molecule has 0 bridgehead atoms. The van der Waals surface area contributed by atoms with Crippen molar-refractivity contribution in [2.45, 2.75) is 25.7 Å².